The molecule has 0 bridgehead atoms. The molecule has 0 spiro atoms. The molecule has 1 aliphatic rings. The van der Waals surface area contributed by atoms with Crippen molar-refractivity contribution in [1.29, 1.82) is 0 Å². The third kappa shape index (κ3) is 3.22. The summed E-state index contributed by atoms with van der Waals surface area (Å²) in [6, 6.07) is 5.22. The van der Waals surface area contributed by atoms with Gasteiger partial charge in [-0.25, -0.2) is 0 Å². The first-order valence-electron chi connectivity index (χ1n) is 8.75. The molecule has 3 heterocycles. The Balaban J connectivity index is 1.76. The first-order valence-corrected chi connectivity index (χ1v) is 9.69. The number of ketones is 1. The van der Waals surface area contributed by atoms with Crippen molar-refractivity contribution < 1.29 is 14.3 Å². The summed E-state index contributed by atoms with van der Waals surface area (Å²) in [5, 5.41) is 15.0. The Labute approximate surface area is 150 Å². The second-order valence-electron chi connectivity index (χ2n) is 6.62. The van der Waals surface area contributed by atoms with Gasteiger partial charge in [0.2, 0.25) is 0 Å². The van der Waals surface area contributed by atoms with E-state index in [1.54, 1.807) is 12.1 Å². The van der Waals surface area contributed by atoms with E-state index in [0.29, 0.717) is 23.3 Å². The normalized spacial score (nSPS) is 16.2. The molecule has 1 aromatic carbocycles. The number of benzene rings is 1. The maximum Gasteiger partial charge on any atom is 0.197 e. The number of fused-ring (bicyclic) bond motifs is 1. The van der Waals surface area contributed by atoms with Crippen molar-refractivity contribution >= 4 is 28.1 Å². The second kappa shape index (κ2) is 7.02. The highest BCUT2D eigenvalue weighted by Crippen LogP contribution is 2.34. The van der Waals surface area contributed by atoms with Gasteiger partial charge >= 0.3 is 0 Å². The van der Waals surface area contributed by atoms with Crippen molar-refractivity contribution in [3.63, 3.8) is 0 Å². The summed E-state index contributed by atoms with van der Waals surface area (Å²) in [6.45, 7) is 2.70. The number of nitrogens with zero attached hydrogens (tertiary/aromatic N) is 1. The minimum absolute atomic E-state index is 0.0530. The maximum atomic E-state index is 12.8. The number of furan rings is 1. The van der Waals surface area contributed by atoms with Crippen molar-refractivity contribution in [1.82, 2.24) is 4.90 Å². The average molecular weight is 355 g/mol. The summed E-state index contributed by atoms with van der Waals surface area (Å²) >= 11 is 1.50. The Kier molecular flexibility index (Phi) is 4.59. The van der Waals surface area contributed by atoms with Crippen LogP contribution >= 0.6 is 11.3 Å². The number of carbonyl (C=O) groups is 1. The number of thiophene rings is 1. The number of phenolic OH excluding ortho intramolecular Hbond substituents is 1. The quantitative estimate of drug-likeness (QED) is 0.683. The number of phenols is 1. The summed E-state index contributed by atoms with van der Waals surface area (Å²) in [4.78, 5) is 15.2. The van der Waals surface area contributed by atoms with Crippen LogP contribution in [0.1, 0.15) is 47.2 Å². The molecule has 0 aliphatic carbocycles. The third-order valence-electron chi connectivity index (χ3n) is 4.93. The first kappa shape index (κ1) is 16.4. The van der Waals surface area contributed by atoms with Gasteiger partial charge in [-0.1, -0.05) is 12.8 Å². The van der Waals surface area contributed by atoms with Gasteiger partial charge in [0.15, 0.2) is 5.78 Å². The van der Waals surface area contributed by atoms with E-state index in [0.717, 1.165) is 24.0 Å². The lowest BCUT2D eigenvalue weighted by molar-refractivity contribution is 0.104. The predicted molar refractivity (Wildman–Crippen MR) is 99.4 cm³/mol. The highest BCUT2D eigenvalue weighted by atomic mass is 32.1. The van der Waals surface area contributed by atoms with E-state index in [2.05, 4.69) is 4.90 Å². The monoisotopic (exact) mass is 355 g/mol. The third-order valence-corrected chi connectivity index (χ3v) is 5.61. The molecule has 3 aromatic rings. The van der Waals surface area contributed by atoms with E-state index in [-0.39, 0.29) is 11.5 Å². The molecule has 0 atom stereocenters. The van der Waals surface area contributed by atoms with Gasteiger partial charge in [-0.2, -0.15) is 11.3 Å². The highest BCUT2D eigenvalue weighted by Gasteiger charge is 2.22. The molecule has 0 unspecified atom stereocenters. The first-order chi connectivity index (χ1) is 12.2. The lowest BCUT2D eigenvalue weighted by Gasteiger charge is -2.21. The molecular formula is C20H21NO3S. The lowest BCUT2D eigenvalue weighted by Crippen LogP contribution is -2.24. The van der Waals surface area contributed by atoms with Crippen LogP contribution < -0.4 is 0 Å². The van der Waals surface area contributed by atoms with Crippen LogP contribution in [0.15, 0.2) is 39.6 Å². The second-order valence-corrected chi connectivity index (χ2v) is 7.40. The Bertz CT molecular complexity index is 874. The molecule has 1 fully saturated rings. The van der Waals surface area contributed by atoms with E-state index >= 15 is 0 Å². The molecule has 25 heavy (non-hydrogen) atoms. The van der Waals surface area contributed by atoms with Crippen molar-refractivity contribution in [2.45, 2.75) is 32.2 Å². The fourth-order valence-corrected chi connectivity index (χ4v) is 4.22. The van der Waals surface area contributed by atoms with Gasteiger partial charge in [0.25, 0.3) is 0 Å². The molecular weight excluding hydrogens is 334 g/mol. The molecule has 4 rings (SSSR count). The maximum absolute atomic E-state index is 12.8. The van der Waals surface area contributed by atoms with Crippen molar-refractivity contribution in [3.8, 4) is 5.75 Å². The smallest absolute Gasteiger partial charge is 0.197 e. The Morgan fingerprint density at radius 2 is 1.96 bits per heavy atom. The molecule has 1 N–H and O–H groups in total. The summed E-state index contributed by atoms with van der Waals surface area (Å²) in [6.07, 6.45) is 6.42. The molecule has 1 saturated heterocycles. The Morgan fingerprint density at radius 3 is 2.68 bits per heavy atom. The molecule has 1 aliphatic heterocycles. The summed E-state index contributed by atoms with van der Waals surface area (Å²) in [5.41, 5.74) is 2.65. The zero-order valence-electron chi connectivity index (χ0n) is 14.0. The topological polar surface area (TPSA) is 53.7 Å². The van der Waals surface area contributed by atoms with Gasteiger partial charge in [-0.05, 0) is 49.5 Å². The van der Waals surface area contributed by atoms with Crippen LogP contribution in [-0.2, 0) is 6.54 Å². The molecule has 5 heteroatoms. The van der Waals surface area contributed by atoms with Crippen LogP contribution in [0.25, 0.3) is 11.0 Å². The fraction of sp³-hybridized carbons (Fsp3) is 0.350. The van der Waals surface area contributed by atoms with Crippen LogP contribution in [-0.4, -0.2) is 28.9 Å². The lowest BCUT2D eigenvalue weighted by atomic mass is 10.00. The van der Waals surface area contributed by atoms with Crippen molar-refractivity contribution in [2.24, 2.45) is 0 Å². The van der Waals surface area contributed by atoms with Crippen molar-refractivity contribution in [3.05, 3.63) is 51.9 Å². The van der Waals surface area contributed by atoms with Gasteiger partial charge < -0.3 is 9.52 Å². The van der Waals surface area contributed by atoms with Crippen LogP contribution in [0.5, 0.6) is 5.75 Å². The molecule has 0 amide bonds. The number of hydrogen-bond donors (Lipinski definition) is 1. The number of rotatable bonds is 4. The molecule has 0 radical (unpaired) electrons. The Hall–Kier alpha value is -2.11. The summed E-state index contributed by atoms with van der Waals surface area (Å²) < 4.78 is 5.63. The minimum atomic E-state index is -0.0530. The highest BCUT2D eigenvalue weighted by molar-refractivity contribution is 7.08. The van der Waals surface area contributed by atoms with Gasteiger partial charge in [0, 0.05) is 28.4 Å². The molecule has 130 valence electrons. The summed E-state index contributed by atoms with van der Waals surface area (Å²) in [7, 11) is 0. The number of carbonyl (C=O) groups excluding carboxylic acids is 1. The van der Waals surface area contributed by atoms with Gasteiger partial charge in [0.1, 0.15) is 17.6 Å². The molecule has 0 saturated carbocycles. The SMILES string of the molecule is O=C(c1ccsc1)c1coc2ccc(O)c(CN3CCCCCC3)c12. The van der Waals surface area contributed by atoms with E-state index < -0.39 is 0 Å². The zero-order valence-corrected chi connectivity index (χ0v) is 14.8. The van der Waals surface area contributed by atoms with Crippen LogP contribution in [0.3, 0.4) is 0 Å². The number of hydrogen-bond acceptors (Lipinski definition) is 5. The Morgan fingerprint density at radius 1 is 1.16 bits per heavy atom. The largest absolute Gasteiger partial charge is 0.508 e. The van der Waals surface area contributed by atoms with Crippen LogP contribution in [0, 0.1) is 0 Å². The predicted octanol–water partition coefficient (Wildman–Crippen LogP) is 4.81. The number of likely N-dealkylation sites (tertiary alicyclic amines) is 1. The molecule has 2 aromatic heterocycles. The van der Waals surface area contributed by atoms with Crippen LogP contribution in [0.2, 0.25) is 0 Å². The van der Waals surface area contributed by atoms with Gasteiger partial charge in [-0.15, -0.1) is 0 Å². The molecule has 4 nitrogen and oxygen atoms in total. The van der Waals surface area contributed by atoms with Crippen LogP contribution in [0.4, 0.5) is 0 Å². The average Bonchev–Trinajstić information content (AvgIpc) is 3.23. The van der Waals surface area contributed by atoms with E-state index in [9.17, 15) is 9.90 Å². The van der Waals surface area contributed by atoms with E-state index in [4.69, 9.17) is 4.42 Å². The van der Waals surface area contributed by atoms with Crippen molar-refractivity contribution in [2.75, 3.05) is 13.1 Å². The van der Waals surface area contributed by atoms with E-state index in [1.165, 1.54) is 43.3 Å². The van der Waals surface area contributed by atoms with E-state index in [1.807, 2.05) is 16.8 Å². The standard InChI is InChI=1S/C20H21NO3S/c22-17-5-6-18-19(15(17)11-21-8-3-1-2-4-9-21)16(12-24-18)20(23)14-7-10-25-13-14/h5-7,10,12-13,22H,1-4,8-9,11H2. The van der Waals surface area contributed by atoms with Gasteiger partial charge in [0.05, 0.1) is 5.56 Å². The zero-order chi connectivity index (χ0) is 17.2. The number of aromatic hydroxyl groups is 1. The minimum Gasteiger partial charge on any atom is -0.508 e. The summed E-state index contributed by atoms with van der Waals surface area (Å²) in [5.74, 6) is 0.181. The fourth-order valence-electron chi connectivity index (χ4n) is 3.58. The van der Waals surface area contributed by atoms with Gasteiger partial charge in [-0.3, -0.25) is 9.69 Å².